The minimum Gasteiger partial charge on any atom is -0.495 e. The van der Waals surface area contributed by atoms with Crippen LogP contribution in [0.1, 0.15) is 24.5 Å². The molecule has 4 rings (SSSR count). The largest absolute Gasteiger partial charge is 0.495 e. The van der Waals surface area contributed by atoms with Gasteiger partial charge < -0.3 is 14.8 Å². The monoisotopic (exact) mass is 470 g/mol. The Morgan fingerprint density at radius 3 is 2.47 bits per heavy atom. The van der Waals surface area contributed by atoms with Crippen molar-refractivity contribution in [2.75, 3.05) is 19.0 Å². The van der Waals surface area contributed by atoms with Crippen LogP contribution in [0.4, 0.5) is 5.69 Å². The minimum absolute atomic E-state index is 0.176. The maximum Gasteiger partial charge on any atom is 0.210 e. The fourth-order valence-electron chi connectivity index (χ4n) is 3.61. The van der Waals surface area contributed by atoms with Crippen LogP contribution in [-0.4, -0.2) is 22.1 Å². The van der Waals surface area contributed by atoms with Crippen LogP contribution in [0.25, 0.3) is 0 Å². The second-order valence-corrected chi connectivity index (χ2v) is 10.2. The number of ether oxygens (including phenoxy) is 2. The summed E-state index contributed by atoms with van der Waals surface area (Å²) in [5, 5.41) is 4.04. The molecule has 0 aliphatic carbocycles. The highest BCUT2D eigenvalue weighted by Crippen LogP contribution is 2.37. The fourth-order valence-corrected chi connectivity index (χ4v) is 5.19. The molecule has 5 nitrogen and oxygen atoms in total. The fraction of sp³-hybridized carbons (Fsp3) is 0.240. The highest BCUT2D eigenvalue weighted by atomic mass is 35.5. The molecule has 0 radical (unpaired) electrons. The lowest BCUT2D eigenvalue weighted by molar-refractivity contribution is 0.306. The average molecular weight is 471 g/mol. The summed E-state index contributed by atoms with van der Waals surface area (Å²) in [6, 6.07) is 17.4. The van der Waals surface area contributed by atoms with Crippen molar-refractivity contribution in [1.82, 2.24) is 0 Å². The number of sulfone groups is 1. The van der Waals surface area contributed by atoms with E-state index in [1.54, 1.807) is 48.5 Å². The predicted molar refractivity (Wildman–Crippen MR) is 126 cm³/mol. The van der Waals surface area contributed by atoms with Gasteiger partial charge in [0.2, 0.25) is 9.84 Å². The zero-order valence-corrected chi connectivity index (χ0v) is 19.6. The molecule has 32 heavy (non-hydrogen) atoms. The second kappa shape index (κ2) is 9.35. The Labute approximate surface area is 194 Å². The maximum absolute atomic E-state index is 13.4. The second-order valence-electron chi connectivity index (χ2n) is 7.86. The maximum atomic E-state index is 13.4. The summed E-state index contributed by atoms with van der Waals surface area (Å²) in [7, 11) is -2.27. The molecule has 0 spiro atoms. The van der Waals surface area contributed by atoms with E-state index in [0.29, 0.717) is 23.1 Å². The van der Waals surface area contributed by atoms with E-state index in [1.165, 1.54) is 13.0 Å². The first-order valence-corrected chi connectivity index (χ1v) is 12.2. The number of rotatable bonds is 6. The zero-order chi connectivity index (χ0) is 22.7. The first-order valence-electron chi connectivity index (χ1n) is 10.4. The van der Waals surface area contributed by atoms with Gasteiger partial charge in [0.25, 0.3) is 0 Å². The van der Waals surface area contributed by atoms with Gasteiger partial charge in [-0.05, 0) is 53.6 Å². The molecule has 3 aromatic carbocycles. The highest BCUT2D eigenvalue weighted by Gasteiger charge is 2.27. The Morgan fingerprint density at radius 1 is 1.06 bits per heavy atom. The third-order valence-electron chi connectivity index (χ3n) is 5.53. The number of hydrogen-bond donors (Lipinski definition) is 1. The van der Waals surface area contributed by atoms with E-state index in [0.717, 1.165) is 36.2 Å². The smallest absolute Gasteiger partial charge is 0.210 e. The number of fused-ring (bicyclic) bond motifs is 1. The Balaban J connectivity index is 1.57. The number of hydrogen-bond acceptors (Lipinski definition) is 5. The van der Waals surface area contributed by atoms with E-state index in [1.807, 2.05) is 12.1 Å². The van der Waals surface area contributed by atoms with Crippen LogP contribution in [0.2, 0.25) is 5.02 Å². The van der Waals surface area contributed by atoms with Crippen molar-refractivity contribution >= 4 is 27.1 Å². The van der Waals surface area contributed by atoms with Crippen molar-refractivity contribution in [3.05, 3.63) is 82.7 Å². The zero-order valence-electron chi connectivity index (χ0n) is 18.0. The Hall–Kier alpha value is -2.83. The normalized spacial score (nSPS) is 13.7. The molecule has 0 saturated heterocycles. The minimum atomic E-state index is -3.76. The van der Waals surface area contributed by atoms with Crippen LogP contribution in [-0.2, 0) is 22.9 Å². The average Bonchev–Trinajstić information content (AvgIpc) is 2.99. The first-order chi connectivity index (χ1) is 15.4. The van der Waals surface area contributed by atoms with Crippen LogP contribution >= 0.6 is 11.6 Å². The van der Waals surface area contributed by atoms with Gasteiger partial charge in [0, 0.05) is 23.2 Å². The molecule has 0 atom stereocenters. The number of aryl methyl sites for hydroxylation is 1. The van der Waals surface area contributed by atoms with Crippen LogP contribution < -0.4 is 14.8 Å². The lowest BCUT2D eigenvalue weighted by Gasteiger charge is -2.15. The summed E-state index contributed by atoms with van der Waals surface area (Å²) in [5.41, 5.74) is 2.87. The van der Waals surface area contributed by atoms with Crippen molar-refractivity contribution in [1.29, 1.82) is 0 Å². The standard InChI is InChI=1S/C25H25ClNO4S/c1-17-3-6-19-13-25(24(30-2)14-23(19)27-15-17)32(28,29)22-11-9-21(10-12-22)31-16-18-4-7-20(26)8-5-18/h4-5,7-14,27H,3,6,15-16H2,1-2H3/q+1. The molecular formula is C25H25ClNO4S+. The SMILES string of the molecule is COc1cc2c(cc1S(=O)(=O)c1ccc(OCc3ccc(Cl)cc3)cc1)CC[C+](C)CN2. The van der Waals surface area contributed by atoms with Crippen LogP contribution in [0.3, 0.4) is 0 Å². The van der Waals surface area contributed by atoms with Crippen LogP contribution in [0, 0.1) is 5.92 Å². The summed E-state index contributed by atoms with van der Waals surface area (Å²) in [6.45, 7) is 3.25. The quantitative estimate of drug-likeness (QED) is 0.467. The Bertz CT molecular complexity index is 1190. The molecule has 1 N–H and O–H groups in total. The van der Waals surface area contributed by atoms with Gasteiger partial charge in [0.15, 0.2) is 6.54 Å². The van der Waals surface area contributed by atoms with Gasteiger partial charge in [0.05, 0.1) is 25.3 Å². The molecule has 3 aromatic rings. The van der Waals surface area contributed by atoms with E-state index in [4.69, 9.17) is 21.1 Å². The van der Waals surface area contributed by atoms with Crippen molar-refractivity contribution in [2.24, 2.45) is 0 Å². The number of anilines is 1. The summed E-state index contributed by atoms with van der Waals surface area (Å²) < 4.78 is 38.0. The molecule has 0 saturated carbocycles. The third kappa shape index (κ3) is 4.81. The molecule has 7 heteroatoms. The molecule has 166 valence electrons. The molecule has 1 aliphatic heterocycles. The van der Waals surface area contributed by atoms with Gasteiger partial charge >= 0.3 is 0 Å². The molecule has 0 amide bonds. The highest BCUT2D eigenvalue weighted by molar-refractivity contribution is 7.91. The third-order valence-corrected chi connectivity index (χ3v) is 7.58. The molecule has 1 heterocycles. The van der Waals surface area contributed by atoms with Gasteiger partial charge in [-0.25, -0.2) is 8.42 Å². The van der Waals surface area contributed by atoms with Crippen molar-refractivity contribution < 1.29 is 17.9 Å². The number of methoxy groups -OCH3 is 1. The van der Waals surface area contributed by atoms with E-state index in [9.17, 15) is 8.42 Å². The summed E-state index contributed by atoms with van der Waals surface area (Å²) in [5.74, 6) is 2.25. The van der Waals surface area contributed by atoms with E-state index in [2.05, 4.69) is 12.2 Å². The lowest BCUT2D eigenvalue weighted by atomic mass is 10.0. The van der Waals surface area contributed by atoms with Crippen molar-refractivity contribution in [3.8, 4) is 11.5 Å². The topological polar surface area (TPSA) is 64.6 Å². The first kappa shape index (κ1) is 22.4. The van der Waals surface area contributed by atoms with E-state index >= 15 is 0 Å². The number of halogens is 1. The Kier molecular flexibility index (Phi) is 6.53. The van der Waals surface area contributed by atoms with Gasteiger partial charge in [-0.3, -0.25) is 0 Å². The molecule has 0 aromatic heterocycles. The van der Waals surface area contributed by atoms with Gasteiger partial charge in [-0.2, -0.15) is 0 Å². The van der Waals surface area contributed by atoms with Crippen molar-refractivity contribution in [3.63, 3.8) is 0 Å². The number of benzene rings is 3. The van der Waals surface area contributed by atoms with Crippen LogP contribution in [0.15, 0.2) is 70.5 Å². The predicted octanol–water partition coefficient (Wildman–Crippen LogP) is 5.71. The van der Waals surface area contributed by atoms with Gasteiger partial charge in [-0.15, -0.1) is 0 Å². The summed E-state index contributed by atoms with van der Waals surface area (Å²) in [4.78, 5) is 0.369. The van der Waals surface area contributed by atoms with Gasteiger partial charge in [-0.1, -0.05) is 23.7 Å². The molecule has 1 aliphatic rings. The molecular weight excluding hydrogens is 446 g/mol. The molecule has 0 unspecified atom stereocenters. The summed E-state index contributed by atoms with van der Waals surface area (Å²) in [6.07, 6.45) is 1.71. The lowest BCUT2D eigenvalue weighted by Crippen LogP contribution is -2.08. The number of nitrogens with one attached hydrogen (secondary N) is 1. The van der Waals surface area contributed by atoms with Gasteiger partial charge in [0.1, 0.15) is 28.9 Å². The van der Waals surface area contributed by atoms with E-state index in [-0.39, 0.29) is 9.79 Å². The molecule has 0 fully saturated rings. The summed E-state index contributed by atoms with van der Waals surface area (Å²) >= 11 is 5.90. The van der Waals surface area contributed by atoms with Crippen LogP contribution in [0.5, 0.6) is 11.5 Å². The van der Waals surface area contributed by atoms with E-state index < -0.39 is 9.84 Å². The Morgan fingerprint density at radius 2 is 1.78 bits per heavy atom. The van der Waals surface area contributed by atoms with Crippen molar-refractivity contribution in [2.45, 2.75) is 36.2 Å². The molecule has 0 bridgehead atoms.